The van der Waals surface area contributed by atoms with Crippen LogP contribution in [0.3, 0.4) is 0 Å². The Morgan fingerprint density at radius 2 is 1.88 bits per heavy atom. The Labute approximate surface area is 255 Å². The molecule has 220 valence electrons. The molecular weight excluding hydrogens is 596 g/mol. The predicted molar refractivity (Wildman–Crippen MR) is 166 cm³/mol. The molecule has 2 aromatic carbocycles. The van der Waals surface area contributed by atoms with E-state index in [1.165, 1.54) is 5.69 Å². The molecule has 0 saturated carbocycles. The van der Waals surface area contributed by atoms with E-state index >= 15 is 0 Å². The third-order valence-corrected chi connectivity index (χ3v) is 8.96. The van der Waals surface area contributed by atoms with Gasteiger partial charge in [0, 0.05) is 77.9 Å². The van der Waals surface area contributed by atoms with Gasteiger partial charge in [-0.15, -0.1) is 0 Å². The molecule has 3 aliphatic heterocycles. The molecule has 10 heteroatoms. The van der Waals surface area contributed by atoms with Crippen LogP contribution in [0.4, 0.5) is 4.79 Å². The number of rotatable bonds is 7. The number of hydrogen-bond donors (Lipinski definition) is 2. The summed E-state index contributed by atoms with van der Waals surface area (Å²) in [5, 5.41) is 15.1. The lowest BCUT2D eigenvalue weighted by Crippen LogP contribution is -2.42. The van der Waals surface area contributed by atoms with Crippen LogP contribution in [0.25, 0.3) is 17.0 Å². The molecule has 4 heterocycles. The van der Waals surface area contributed by atoms with Crippen molar-refractivity contribution in [1.29, 1.82) is 0 Å². The topological polar surface area (TPSA) is 100 Å². The van der Waals surface area contributed by atoms with E-state index in [1.807, 2.05) is 31.3 Å². The van der Waals surface area contributed by atoms with Crippen molar-refractivity contribution in [3.05, 3.63) is 88.0 Å². The first-order chi connectivity index (χ1) is 20.3. The van der Waals surface area contributed by atoms with Gasteiger partial charge in [-0.2, -0.15) is 5.10 Å². The molecule has 0 atom stereocenters. The quantitative estimate of drug-likeness (QED) is 0.361. The molecular formula is C32H37BrN6O3. The molecule has 0 aliphatic carbocycles. The summed E-state index contributed by atoms with van der Waals surface area (Å²) < 4.78 is 8.97. The number of halogens is 1. The van der Waals surface area contributed by atoms with Crippen molar-refractivity contribution in [1.82, 2.24) is 24.5 Å². The second-order valence-electron chi connectivity index (χ2n) is 11.3. The normalized spacial score (nSPS) is 17.6. The number of fused-ring (bicyclic) bond motifs is 1. The van der Waals surface area contributed by atoms with E-state index < -0.39 is 0 Å². The van der Waals surface area contributed by atoms with E-state index in [0.29, 0.717) is 19.1 Å². The number of hydrogen-bond acceptors (Lipinski definition) is 6. The van der Waals surface area contributed by atoms with Gasteiger partial charge in [-0.25, -0.2) is 4.79 Å². The summed E-state index contributed by atoms with van der Waals surface area (Å²) in [7, 11) is 0. The fourth-order valence-electron chi connectivity index (χ4n) is 6.25. The van der Waals surface area contributed by atoms with Crippen LogP contribution < -0.4 is 5.73 Å². The largest absolute Gasteiger partial charge is 0.508 e. The minimum Gasteiger partial charge on any atom is -0.508 e. The van der Waals surface area contributed by atoms with Crippen molar-refractivity contribution in [3.8, 4) is 17.0 Å². The number of phenols is 1. The van der Waals surface area contributed by atoms with E-state index in [0.717, 1.165) is 90.0 Å². The number of carbonyl (C=O) groups is 1. The van der Waals surface area contributed by atoms with Crippen molar-refractivity contribution < 1.29 is 14.6 Å². The van der Waals surface area contributed by atoms with Crippen LogP contribution in [0.2, 0.25) is 0 Å². The number of urea groups is 1. The van der Waals surface area contributed by atoms with E-state index in [9.17, 15) is 9.90 Å². The molecule has 0 unspecified atom stereocenters. The number of likely N-dealkylation sites (tertiary alicyclic amines) is 1. The Kier molecular flexibility index (Phi) is 8.26. The highest BCUT2D eigenvalue weighted by Gasteiger charge is 2.28. The van der Waals surface area contributed by atoms with Gasteiger partial charge in [0.25, 0.3) is 0 Å². The first-order valence-corrected chi connectivity index (χ1v) is 15.4. The maximum atomic E-state index is 11.9. The number of piperidine rings is 1. The second kappa shape index (κ2) is 12.2. The van der Waals surface area contributed by atoms with E-state index in [-0.39, 0.29) is 11.8 Å². The summed E-state index contributed by atoms with van der Waals surface area (Å²) >= 11 is 3.52. The van der Waals surface area contributed by atoms with Gasteiger partial charge in [0.15, 0.2) is 0 Å². The lowest BCUT2D eigenvalue weighted by molar-refractivity contribution is 0.156. The standard InChI is InChI=1S/C32H37BrN6O3/c1-22-17-24(19-27(40)18-22)30-21-37(15-16-42-30)26-7-12-36(13-8-26)10-2-11-39-29-9-14-38(32(34)41)20-28(29)31(35-39)23-3-5-25(33)6-4-23/h3-6,15-19,21,26,40H,2,7-14,20H2,1H3,(H2,34,41). The number of carbonyl (C=O) groups excluding carboxylic acids is 1. The van der Waals surface area contributed by atoms with Gasteiger partial charge in [0.05, 0.1) is 12.2 Å². The number of nitrogens with zero attached hydrogens (tertiary/aromatic N) is 5. The summed E-state index contributed by atoms with van der Waals surface area (Å²) in [5.41, 5.74) is 11.8. The molecule has 0 radical (unpaired) electrons. The molecule has 3 aliphatic rings. The van der Waals surface area contributed by atoms with E-state index in [4.69, 9.17) is 15.6 Å². The van der Waals surface area contributed by atoms with Gasteiger partial charge in [0.2, 0.25) is 0 Å². The highest BCUT2D eigenvalue weighted by molar-refractivity contribution is 9.10. The van der Waals surface area contributed by atoms with Gasteiger partial charge < -0.3 is 30.3 Å². The van der Waals surface area contributed by atoms with Crippen LogP contribution >= 0.6 is 15.9 Å². The number of nitrogens with two attached hydrogens (primary N) is 1. The lowest BCUT2D eigenvalue weighted by Gasteiger charge is -2.37. The molecule has 3 aromatic rings. The fraction of sp³-hybridized carbons (Fsp3) is 0.375. The number of aromatic hydroxyl groups is 1. The molecule has 1 saturated heterocycles. The molecule has 42 heavy (non-hydrogen) atoms. The van der Waals surface area contributed by atoms with Crippen LogP contribution in [0.1, 0.15) is 41.6 Å². The molecule has 3 N–H and O–H groups in total. The Balaban J connectivity index is 1.06. The minimum absolute atomic E-state index is 0.247. The molecule has 0 bridgehead atoms. The maximum Gasteiger partial charge on any atom is 0.315 e. The van der Waals surface area contributed by atoms with Gasteiger partial charge >= 0.3 is 6.03 Å². The summed E-state index contributed by atoms with van der Waals surface area (Å²) in [4.78, 5) is 18.4. The smallest absolute Gasteiger partial charge is 0.315 e. The van der Waals surface area contributed by atoms with Crippen LogP contribution in [-0.4, -0.2) is 67.8 Å². The average molecular weight is 634 g/mol. The number of ether oxygens (including phenoxy) is 1. The zero-order chi connectivity index (χ0) is 29.2. The molecule has 6 rings (SSSR count). The van der Waals surface area contributed by atoms with Crippen molar-refractivity contribution >= 4 is 27.7 Å². The monoisotopic (exact) mass is 632 g/mol. The number of amides is 2. The van der Waals surface area contributed by atoms with Crippen LogP contribution in [0, 0.1) is 6.92 Å². The highest BCUT2D eigenvalue weighted by Crippen LogP contribution is 2.32. The number of aryl methyl sites for hydroxylation is 2. The zero-order valence-electron chi connectivity index (χ0n) is 23.9. The molecule has 1 aromatic heterocycles. The Morgan fingerprint density at radius 1 is 1.10 bits per heavy atom. The predicted octanol–water partition coefficient (Wildman–Crippen LogP) is 5.42. The number of phenolic OH excluding ortho intramolecular Hbond substituents is 1. The average Bonchev–Trinajstić information content (AvgIpc) is 3.35. The Hall–Kier alpha value is -3.76. The highest BCUT2D eigenvalue weighted by atomic mass is 79.9. The Bertz CT molecular complexity index is 1490. The number of benzene rings is 2. The van der Waals surface area contributed by atoms with Gasteiger partial charge in [-0.05, 0) is 68.6 Å². The van der Waals surface area contributed by atoms with E-state index in [2.05, 4.69) is 48.7 Å². The van der Waals surface area contributed by atoms with E-state index in [1.54, 1.807) is 23.3 Å². The first-order valence-electron chi connectivity index (χ1n) is 14.6. The second-order valence-corrected chi connectivity index (χ2v) is 12.3. The van der Waals surface area contributed by atoms with Crippen LogP contribution in [0.5, 0.6) is 5.75 Å². The van der Waals surface area contributed by atoms with Gasteiger partial charge in [0.1, 0.15) is 17.8 Å². The van der Waals surface area contributed by atoms with Crippen molar-refractivity contribution in [2.45, 2.75) is 51.7 Å². The van der Waals surface area contributed by atoms with Crippen LogP contribution in [-0.2, 0) is 24.2 Å². The zero-order valence-corrected chi connectivity index (χ0v) is 25.5. The minimum atomic E-state index is -0.382. The maximum absolute atomic E-state index is 11.9. The number of aromatic nitrogens is 2. The summed E-state index contributed by atoms with van der Waals surface area (Å²) in [5.74, 6) is 1.000. The summed E-state index contributed by atoms with van der Waals surface area (Å²) in [6.07, 6.45) is 9.70. The number of primary amides is 1. The van der Waals surface area contributed by atoms with Crippen LogP contribution in [0.15, 0.2) is 65.6 Å². The van der Waals surface area contributed by atoms with Crippen molar-refractivity contribution in [3.63, 3.8) is 0 Å². The summed E-state index contributed by atoms with van der Waals surface area (Å²) in [6, 6.07) is 13.7. The lowest BCUT2D eigenvalue weighted by atomic mass is 10.0. The molecule has 9 nitrogen and oxygen atoms in total. The van der Waals surface area contributed by atoms with Gasteiger partial charge in [-0.3, -0.25) is 4.68 Å². The molecule has 0 spiro atoms. The first kappa shape index (κ1) is 28.4. The molecule has 2 amide bonds. The fourth-order valence-corrected chi connectivity index (χ4v) is 6.51. The van der Waals surface area contributed by atoms with Crippen molar-refractivity contribution in [2.24, 2.45) is 5.73 Å². The third-order valence-electron chi connectivity index (χ3n) is 8.43. The van der Waals surface area contributed by atoms with Gasteiger partial charge in [-0.1, -0.05) is 28.1 Å². The SMILES string of the molecule is Cc1cc(O)cc(C2=CN(C3CCN(CCCn4nc(-c5ccc(Br)cc5)c5c4CCN(C(N)=O)C5)CC3)C=CO2)c1. The molecule has 1 fully saturated rings. The Morgan fingerprint density at radius 3 is 2.62 bits per heavy atom. The third kappa shape index (κ3) is 6.19. The van der Waals surface area contributed by atoms with Crippen molar-refractivity contribution in [2.75, 3.05) is 26.2 Å². The summed E-state index contributed by atoms with van der Waals surface area (Å²) in [6.45, 7) is 7.04.